The van der Waals surface area contributed by atoms with Crippen LogP contribution in [-0.2, 0) is 19.2 Å². The molecule has 0 fully saturated rings. The van der Waals surface area contributed by atoms with Gasteiger partial charge in [-0.25, -0.2) is 14.4 Å². The lowest BCUT2D eigenvalue weighted by molar-refractivity contribution is -0.142. The van der Waals surface area contributed by atoms with E-state index in [2.05, 4.69) is 38.5 Å². The minimum Gasteiger partial charge on any atom is -0.481 e. The molecular formula is C19H23IN4O9. The van der Waals surface area contributed by atoms with Crippen LogP contribution in [0.15, 0.2) is 24.3 Å². The number of carbonyl (C=O) groups excluding carboxylic acids is 3. The summed E-state index contributed by atoms with van der Waals surface area (Å²) >= 11 is 2.09. The van der Waals surface area contributed by atoms with E-state index in [4.69, 9.17) is 10.2 Å². The lowest BCUT2D eigenvalue weighted by Gasteiger charge is -2.18. The van der Waals surface area contributed by atoms with E-state index in [1.807, 2.05) is 5.32 Å². The Balaban J connectivity index is 2.46. The summed E-state index contributed by atoms with van der Waals surface area (Å²) in [5, 5.41) is 35.7. The molecule has 0 unspecified atom stereocenters. The summed E-state index contributed by atoms with van der Waals surface area (Å²) in [6.45, 7) is -0.617. The Kier molecular flexibility index (Phi) is 11.6. The SMILES string of the molecule is O=C(O)CC[C@H](NC(=O)NC[C@@H](NC(=O)CCNC(=O)c1ccc(I)cc1)C(=O)O)C(=O)O. The monoisotopic (exact) mass is 578 g/mol. The van der Waals surface area contributed by atoms with Crippen LogP contribution in [-0.4, -0.2) is 76.2 Å². The van der Waals surface area contributed by atoms with Gasteiger partial charge in [-0.05, 0) is 53.3 Å². The first kappa shape index (κ1) is 27.6. The van der Waals surface area contributed by atoms with E-state index in [1.54, 1.807) is 24.3 Å². The minimum absolute atomic E-state index is 0.0548. The van der Waals surface area contributed by atoms with Crippen LogP contribution in [0.1, 0.15) is 29.6 Å². The zero-order valence-electron chi connectivity index (χ0n) is 17.2. The zero-order chi connectivity index (χ0) is 25.0. The number of benzene rings is 1. The summed E-state index contributed by atoms with van der Waals surface area (Å²) < 4.78 is 0.948. The van der Waals surface area contributed by atoms with E-state index in [0.29, 0.717) is 5.56 Å². The van der Waals surface area contributed by atoms with E-state index in [9.17, 15) is 33.9 Å². The molecular weight excluding hydrogens is 555 g/mol. The fourth-order valence-corrected chi connectivity index (χ4v) is 2.75. The normalized spacial score (nSPS) is 12.0. The molecule has 0 radical (unpaired) electrons. The molecule has 14 heteroatoms. The first-order valence-corrected chi connectivity index (χ1v) is 10.6. The van der Waals surface area contributed by atoms with Gasteiger partial charge in [-0.15, -0.1) is 0 Å². The smallest absolute Gasteiger partial charge is 0.328 e. The number of halogens is 1. The van der Waals surface area contributed by atoms with Crippen LogP contribution in [0.3, 0.4) is 0 Å². The number of hydrogen-bond acceptors (Lipinski definition) is 6. The van der Waals surface area contributed by atoms with Gasteiger partial charge in [0.1, 0.15) is 12.1 Å². The highest BCUT2D eigenvalue weighted by Crippen LogP contribution is 2.06. The van der Waals surface area contributed by atoms with Gasteiger partial charge < -0.3 is 36.6 Å². The predicted molar refractivity (Wildman–Crippen MR) is 121 cm³/mol. The Morgan fingerprint density at radius 2 is 1.42 bits per heavy atom. The van der Waals surface area contributed by atoms with Gasteiger partial charge in [0.05, 0.1) is 6.54 Å². The molecule has 1 aromatic rings. The molecule has 0 aliphatic heterocycles. The molecule has 0 saturated carbocycles. The summed E-state index contributed by atoms with van der Waals surface area (Å²) in [5.74, 6) is -5.25. The van der Waals surface area contributed by atoms with Gasteiger partial charge in [0.25, 0.3) is 5.91 Å². The zero-order valence-corrected chi connectivity index (χ0v) is 19.3. The van der Waals surface area contributed by atoms with Crippen LogP contribution >= 0.6 is 22.6 Å². The van der Waals surface area contributed by atoms with Crippen LogP contribution in [0.2, 0.25) is 0 Å². The molecule has 1 aromatic carbocycles. The Labute approximate surface area is 201 Å². The lowest BCUT2D eigenvalue weighted by atomic mass is 10.1. The van der Waals surface area contributed by atoms with Gasteiger partial charge in [-0.1, -0.05) is 0 Å². The van der Waals surface area contributed by atoms with Gasteiger partial charge in [0.15, 0.2) is 0 Å². The quantitative estimate of drug-likeness (QED) is 0.152. The van der Waals surface area contributed by atoms with Crippen molar-refractivity contribution in [1.29, 1.82) is 0 Å². The topological polar surface area (TPSA) is 211 Å². The van der Waals surface area contributed by atoms with Crippen molar-refractivity contribution in [3.05, 3.63) is 33.4 Å². The first-order chi connectivity index (χ1) is 15.5. The molecule has 180 valence electrons. The highest BCUT2D eigenvalue weighted by Gasteiger charge is 2.24. The highest BCUT2D eigenvalue weighted by molar-refractivity contribution is 14.1. The van der Waals surface area contributed by atoms with Crippen molar-refractivity contribution in [1.82, 2.24) is 21.3 Å². The Hall–Kier alpha value is -3.43. The number of urea groups is 1. The fourth-order valence-electron chi connectivity index (χ4n) is 2.39. The summed E-state index contributed by atoms with van der Waals surface area (Å²) in [6.07, 6.45) is -1.08. The molecule has 13 nitrogen and oxygen atoms in total. The van der Waals surface area contributed by atoms with Crippen LogP contribution < -0.4 is 21.3 Å². The van der Waals surface area contributed by atoms with Gasteiger partial charge in [-0.3, -0.25) is 14.4 Å². The predicted octanol–water partition coefficient (Wildman–Crippen LogP) is -0.402. The van der Waals surface area contributed by atoms with Crippen molar-refractivity contribution in [2.45, 2.75) is 31.3 Å². The number of carboxylic acid groups (broad SMARTS) is 3. The molecule has 0 spiro atoms. The number of rotatable bonds is 13. The molecule has 0 aliphatic carbocycles. The first-order valence-electron chi connectivity index (χ1n) is 9.54. The Morgan fingerprint density at radius 1 is 0.818 bits per heavy atom. The second-order valence-corrected chi connectivity index (χ2v) is 7.89. The maximum absolute atomic E-state index is 12.0. The van der Waals surface area contributed by atoms with Crippen molar-refractivity contribution in [3.8, 4) is 0 Å². The molecule has 33 heavy (non-hydrogen) atoms. The number of carbonyl (C=O) groups is 6. The molecule has 1 rings (SSSR count). The summed E-state index contributed by atoms with van der Waals surface area (Å²) in [4.78, 5) is 68.8. The highest BCUT2D eigenvalue weighted by atomic mass is 127. The van der Waals surface area contributed by atoms with Crippen molar-refractivity contribution in [2.24, 2.45) is 0 Å². The average molecular weight is 578 g/mol. The van der Waals surface area contributed by atoms with E-state index in [0.717, 1.165) is 3.57 Å². The number of nitrogens with one attached hydrogen (secondary N) is 4. The van der Waals surface area contributed by atoms with Gasteiger partial charge in [0.2, 0.25) is 5.91 Å². The number of amides is 4. The minimum atomic E-state index is -1.52. The molecule has 0 bridgehead atoms. The summed E-state index contributed by atoms with van der Waals surface area (Å²) in [7, 11) is 0. The van der Waals surface area contributed by atoms with E-state index >= 15 is 0 Å². The molecule has 2 atom stereocenters. The number of hydrogen-bond donors (Lipinski definition) is 7. The van der Waals surface area contributed by atoms with Crippen molar-refractivity contribution in [2.75, 3.05) is 13.1 Å². The number of aliphatic carboxylic acids is 3. The third-order valence-electron chi connectivity index (χ3n) is 4.09. The fraction of sp³-hybridized carbons (Fsp3) is 0.368. The van der Waals surface area contributed by atoms with E-state index in [-0.39, 0.29) is 19.4 Å². The maximum atomic E-state index is 12.0. The Morgan fingerprint density at radius 3 is 1.97 bits per heavy atom. The molecule has 7 N–H and O–H groups in total. The van der Waals surface area contributed by atoms with Crippen molar-refractivity contribution >= 4 is 58.3 Å². The molecule has 0 aliphatic rings. The largest absolute Gasteiger partial charge is 0.481 e. The third kappa shape index (κ3) is 11.1. The van der Waals surface area contributed by atoms with Gasteiger partial charge >= 0.3 is 23.9 Å². The third-order valence-corrected chi connectivity index (χ3v) is 4.81. The summed E-state index contributed by atoms with van der Waals surface area (Å²) in [6, 6.07) is 2.67. The van der Waals surface area contributed by atoms with E-state index in [1.165, 1.54) is 0 Å². The van der Waals surface area contributed by atoms with Gasteiger partial charge in [0, 0.05) is 28.5 Å². The van der Waals surface area contributed by atoms with Crippen LogP contribution in [0.5, 0.6) is 0 Å². The number of carboxylic acids is 3. The standard InChI is InChI=1S/C19H23IN4O9/c20-11-3-1-10(2-4-11)16(28)21-8-7-14(25)23-13(18(31)32)9-22-19(33)24-12(17(29)30)5-6-15(26)27/h1-4,12-13H,5-9H2,(H,21,28)(H,23,25)(H,26,27)(H,29,30)(H,31,32)(H2,22,24,33)/t12-,13+/m0/s1. The molecule has 4 amide bonds. The van der Waals surface area contributed by atoms with Crippen molar-refractivity contribution < 1.29 is 44.1 Å². The summed E-state index contributed by atoms with van der Waals surface area (Å²) in [5.41, 5.74) is 0.400. The Bertz CT molecular complexity index is 892. The second-order valence-electron chi connectivity index (χ2n) is 6.65. The molecule has 0 aromatic heterocycles. The van der Waals surface area contributed by atoms with Crippen molar-refractivity contribution in [3.63, 3.8) is 0 Å². The lowest BCUT2D eigenvalue weighted by Crippen LogP contribution is -2.52. The van der Waals surface area contributed by atoms with Crippen LogP contribution in [0.4, 0.5) is 4.79 Å². The maximum Gasteiger partial charge on any atom is 0.328 e. The van der Waals surface area contributed by atoms with Gasteiger partial charge in [-0.2, -0.15) is 0 Å². The van der Waals surface area contributed by atoms with Crippen LogP contribution in [0, 0.1) is 3.57 Å². The second kappa shape index (κ2) is 13.9. The molecule has 0 heterocycles. The van der Waals surface area contributed by atoms with Crippen LogP contribution in [0.25, 0.3) is 0 Å². The molecule has 0 saturated heterocycles. The average Bonchev–Trinajstić information content (AvgIpc) is 2.73. The van der Waals surface area contributed by atoms with E-state index < -0.39 is 60.8 Å².